The largest absolute Gasteiger partial charge is 0.506 e. The molecule has 0 aliphatic carbocycles. The Morgan fingerprint density at radius 3 is 2.53 bits per heavy atom. The third-order valence-corrected chi connectivity index (χ3v) is 3.00. The van der Waals surface area contributed by atoms with Crippen molar-refractivity contribution in [3.63, 3.8) is 0 Å². The van der Waals surface area contributed by atoms with Gasteiger partial charge in [0.25, 0.3) is 10.1 Å². The predicted octanol–water partition coefficient (Wildman–Crippen LogP) is 2.02. The smallest absolute Gasteiger partial charge is 0.298 e. The molecular weight excluding hydrogens is 240 g/mol. The normalized spacial score (nSPS) is 11.3. The zero-order valence-corrected chi connectivity index (χ0v) is 9.22. The number of benzene rings is 1. The summed E-state index contributed by atoms with van der Waals surface area (Å²) in [7, 11) is -4.45. The highest BCUT2D eigenvalue weighted by atomic mass is 35.5. The second kappa shape index (κ2) is 4.22. The fourth-order valence-corrected chi connectivity index (χ4v) is 2.00. The number of rotatable bonds is 3. The molecule has 4 nitrogen and oxygen atoms in total. The van der Waals surface area contributed by atoms with Crippen molar-refractivity contribution in [2.75, 3.05) is 0 Å². The molecule has 6 heteroatoms. The Bertz CT molecular complexity index is 493. The molecule has 0 aliphatic rings. The van der Waals surface area contributed by atoms with Gasteiger partial charge in [0.05, 0.1) is 0 Å². The minimum absolute atomic E-state index is 0.153. The first-order valence-electron chi connectivity index (χ1n) is 3.96. The Morgan fingerprint density at radius 1 is 1.47 bits per heavy atom. The van der Waals surface area contributed by atoms with Crippen LogP contribution in [0.5, 0.6) is 5.75 Å². The monoisotopic (exact) mass is 248 g/mol. The average Bonchev–Trinajstić information content (AvgIpc) is 2.09. The molecule has 0 aliphatic heterocycles. The summed E-state index contributed by atoms with van der Waals surface area (Å²) in [6.45, 7) is 3.49. The Kier molecular flexibility index (Phi) is 3.38. The molecule has 0 atom stereocenters. The molecule has 0 spiro atoms. The van der Waals surface area contributed by atoms with Crippen LogP contribution in [0.15, 0.2) is 29.7 Å². The van der Waals surface area contributed by atoms with Crippen LogP contribution in [0.25, 0.3) is 0 Å². The van der Waals surface area contributed by atoms with Crippen LogP contribution in [0.1, 0.15) is 5.56 Å². The van der Waals surface area contributed by atoms with Gasteiger partial charge >= 0.3 is 0 Å². The van der Waals surface area contributed by atoms with Crippen LogP contribution in [0.4, 0.5) is 0 Å². The van der Waals surface area contributed by atoms with Gasteiger partial charge < -0.3 is 5.11 Å². The molecule has 0 amide bonds. The molecule has 0 unspecified atom stereocenters. The van der Waals surface area contributed by atoms with Gasteiger partial charge in [0, 0.05) is 5.02 Å². The van der Waals surface area contributed by atoms with Gasteiger partial charge in [-0.2, -0.15) is 8.42 Å². The number of phenolic OH excluding ortho intramolecular Hbond substituents is 1. The van der Waals surface area contributed by atoms with E-state index in [-0.39, 0.29) is 5.02 Å². The highest BCUT2D eigenvalue weighted by molar-refractivity contribution is 7.86. The van der Waals surface area contributed by atoms with Crippen molar-refractivity contribution in [3.8, 4) is 5.75 Å². The number of phenols is 1. The van der Waals surface area contributed by atoms with Gasteiger partial charge in [0.1, 0.15) is 10.6 Å². The van der Waals surface area contributed by atoms with E-state index in [2.05, 4.69) is 6.58 Å². The maximum Gasteiger partial charge on any atom is 0.298 e. The Morgan fingerprint density at radius 2 is 2.07 bits per heavy atom. The Hall–Kier alpha value is -1.04. The van der Waals surface area contributed by atoms with Gasteiger partial charge in [0.15, 0.2) is 0 Å². The number of halogens is 1. The Balaban J connectivity index is 3.38. The molecule has 1 aromatic carbocycles. The molecule has 0 saturated heterocycles. The summed E-state index contributed by atoms with van der Waals surface area (Å²) in [5.74, 6) is -0.529. The summed E-state index contributed by atoms with van der Waals surface area (Å²) < 4.78 is 30.3. The van der Waals surface area contributed by atoms with E-state index in [1.165, 1.54) is 6.07 Å². The van der Waals surface area contributed by atoms with E-state index in [0.29, 0.717) is 12.0 Å². The van der Waals surface area contributed by atoms with Crippen LogP contribution < -0.4 is 0 Å². The third kappa shape index (κ3) is 2.71. The van der Waals surface area contributed by atoms with Gasteiger partial charge in [-0.05, 0) is 24.1 Å². The molecule has 0 heterocycles. The van der Waals surface area contributed by atoms with E-state index in [0.717, 1.165) is 6.07 Å². The second-order valence-electron chi connectivity index (χ2n) is 2.88. The molecule has 82 valence electrons. The molecule has 0 aromatic heterocycles. The zero-order valence-electron chi connectivity index (χ0n) is 7.64. The lowest BCUT2D eigenvalue weighted by Crippen LogP contribution is -1.99. The molecule has 0 bridgehead atoms. The first kappa shape index (κ1) is 12.0. The van der Waals surface area contributed by atoms with Gasteiger partial charge in [-0.15, -0.1) is 6.58 Å². The van der Waals surface area contributed by atoms with Crippen molar-refractivity contribution in [1.82, 2.24) is 0 Å². The molecule has 0 fully saturated rings. The number of aromatic hydroxyl groups is 1. The van der Waals surface area contributed by atoms with Crippen molar-refractivity contribution in [2.24, 2.45) is 0 Å². The summed E-state index contributed by atoms with van der Waals surface area (Å²) in [4.78, 5) is -0.597. The first-order valence-corrected chi connectivity index (χ1v) is 5.78. The molecule has 0 radical (unpaired) electrons. The quantitative estimate of drug-likeness (QED) is 0.634. The van der Waals surface area contributed by atoms with Crippen LogP contribution in [0, 0.1) is 0 Å². The van der Waals surface area contributed by atoms with Crippen molar-refractivity contribution in [1.29, 1.82) is 0 Å². The molecule has 1 rings (SSSR count). The van der Waals surface area contributed by atoms with Gasteiger partial charge in [-0.3, -0.25) is 4.55 Å². The first-order chi connectivity index (χ1) is 6.86. The van der Waals surface area contributed by atoms with Crippen LogP contribution in [-0.2, 0) is 16.5 Å². The minimum Gasteiger partial charge on any atom is -0.506 e. The van der Waals surface area contributed by atoms with E-state index in [4.69, 9.17) is 16.2 Å². The predicted molar refractivity (Wildman–Crippen MR) is 56.8 cm³/mol. The van der Waals surface area contributed by atoms with E-state index in [9.17, 15) is 13.5 Å². The molecule has 0 saturated carbocycles. The standard InChI is InChI=1S/C9H9ClO4S/c1-2-3-6-4-8(11)9(5-7(6)10)15(12,13)14/h2,4-5,11H,1,3H2,(H,12,13,14). The highest BCUT2D eigenvalue weighted by Gasteiger charge is 2.17. The van der Waals surface area contributed by atoms with E-state index in [1.54, 1.807) is 6.08 Å². The lowest BCUT2D eigenvalue weighted by molar-refractivity contribution is 0.443. The summed E-state index contributed by atoms with van der Waals surface area (Å²) in [5, 5.41) is 9.50. The number of hydrogen-bond acceptors (Lipinski definition) is 3. The fraction of sp³-hybridized carbons (Fsp3) is 0.111. The van der Waals surface area contributed by atoms with Gasteiger partial charge in [-0.1, -0.05) is 17.7 Å². The Labute approximate surface area is 92.6 Å². The molecular formula is C9H9ClO4S. The van der Waals surface area contributed by atoms with E-state index < -0.39 is 20.8 Å². The minimum atomic E-state index is -4.45. The van der Waals surface area contributed by atoms with Crippen molar-refractivity contribution in [3.05, 3.63) is 35.4 Å². The third-order valence-electron chi connectivity index (χ3n) is 1.77. The fourth-order valence-electron chi connectivity index (χ4n) is 1.11. The van der Waals surface area contributed by atoms with E-state index in [1.807, 2.05) is 0 Å². The highest BCUT2D eigenvalue weighted by Crippen LogP contribution is 2.29. The zero-order chi connectivity index (χ0) is 11.6. The summed E-state index contributed by atoms with van der Waals surface area (Å²) in [6, 6.07) is 2.19. The lowest BCUT2D eigenvalue weighted by atomic mass is 10.1. The van der Waals surface area contributed by atoms with Crippen molar-refractivity contribution >= 4 is 21.7 Å². The lowest BCUT2D eigenvalue weighted by Gasteiger charge is -2.06. The second-order valence-corrected chi connectivity index (χ2v) is 4.68. The topological polar surface area (TPSA) is 74.6 Å². The molecule has 2 N–H and O–H groups in total. The maximum absolute atomic E-state index is 10.8. The van der Waals surface area contributed by atoms with E-state index >= 15 is 0 Å². The summed E-state index contributed by atoms with van der Waals surface area (Å²) >= 11 is 5.75. The van der Waals surface area contributed by atoms with Crippen LogP contribution in [-0.4, -0.2) is 18.1 Å². The van der Waals surface area contributed by atoms with Crippen molar-refractivity contribution in [2.45, 2.75) is 11.3 Å². The van der Waals surface area contributed by atoms with Gasteiger partial charge in [-0.25, -0.2) is 0 Å². The maximum atomic E-state index is 10.8. The van der Waals surface area contributed by atoms with Crippen LogP contribution in [0.2, 0.25) is 5.02 Å². The van der Waals surface area contributed by atoms with Gasteiger partial charge in [0.2, 0.25) is 0 Å². The number of allylic oxidation sites excluding steroid dienone is 1. The van der Waals surface area contributed by atoms with Crippen LogP contribution in [0.3, 0.4) is 0 Å². The van der Waals surface area contributed by atoms with Crippen LogP contribution >= 0.6 is 11.6 Å². The average molecular weight is 249 g/mol. The number of hydrogen-bond donors (Lipinski definition) is 2. The van der Waals surface area contributed by atoms with Crippen molar-refractivity contribution < 1.29 is 18.1 Å². The molecule has 15 heavy (non-hydrogen) atoms. The summed E-state index contributed by atoms with van der Waals surface area (Å²) in [6.07, 6.45) is 1.96. The summed E-state index contributed by atoms with van der Waals surface area (Å²) in [5.41, 5.74) is 0.538. The molecule has 1 aromatic rings. The SMILES string of the molecule is C=CCc1cc(O)c(S(=O)(=O)O)cc1Cl.